The molecule has 40 heavy (non-hydrogen) atoms. The van der Waals surface area contributed by atoms with Crippen molar-refractivity contribution in [3.05, 3.63) is 121 Å². The summed E-state index contributed by atoms with van der Waals surface area (Å²) in [6.45, 7) is 8.37. The number of rotatable bonds is 4. The van der Waals surface area contributed by atoms with Crippen LogP contribution in [0.1, 0.15) is 27.7 Å². The van der Waals surface area contributed by atoms with Crippen LogP contribution in [0.4, 0.5) is 0 Å². The average molecular weight is 521 g/mol. The molecule has 1 aromatic heterocycles. The van der Waals surface area contributed by atoms with Gasteiger partial charge in [-0.15, -0.1) is 0 Å². The zero-order valence-corrected chi connectivity index (χ0v) is 23.4. The van der Waals surface area contributed by atoms with Crippen molar-refractivity contribution >= 4 is 34.4 Å². The third-order valence-electron chi connectivity index (χ3n) is 8.67. The van der Waals surface area contributed by atoms with Crippen LogP contribution in [0.15, 0.2) is 121 Å². The van der Waals surface area contributed by atoms with E-state index in [2.05, 4.69) is 154 Å². The molecule has 0 amide bonds. The van der Waals surface area contributed by atoms with Crippen LogP contribution in [0, 0.1) is 0 Å². The molecule has 196 valence electrons. The van der Waals surface area contributed by atoms with E-state index in [-0.39, 0.29) is 18.3 Å². The van der Waals surface area contributed by atoms with Gasteiger partial charge >= 0.3 is 7.12 Å². The van der Waals surface area contributed by atoms with Gasteiger partial charge in [0.15, 0.2) is 0 Å². The molecule has 0 N–H and O–H groups in total. The van der Waals surface area contributed by atoms with Gasteiger partial charge in [-0.1, -0.05) is 97.1 Å². The Morgan fingerprint density at radius 1 is 0.525 bits per heavy atom. The van der Waals surface area contributed by atoms with Gasteiger partial charge in [-0.3, -0.25) is 0 Å². The zero-order valence-electron chi connectivity index (χ0n) is 23.4. The molecule has 1 aliphatic rings. The van der Waals surface area contributed by atoms with Crippen molar-refractivity contribution in [3.8, 4) is 27.9 Å². The van der Waals surface area contributed by atoms with Gasteiger partial charge in [-0.25, -0.2) is 0 Å². The summed E-state index contributed by atoms with van der Waals surface area (Å²) >= 11 is 0. The first-order valence-electron chi connectivity index (χ1n) is 14.0. The van der Waals surface area contributed by atoms with Gasteiger partial charge in [-0.2, -0.15) is 0 Å². The summed E-state index contributed by atoms with van der Waals surface area (Å²) in [6.07, 6.45) is 0. The number of benzene rings is 5. The normalized spacial score (nSPS) is 16.1. The fourth-order valence-electron chi connectivity index (χ4n) is 5.75. The van der Waals surface area contributed by atoms with Crippen LogP contribution in [0.25, 0.3) is 49.7 Å². The van der Waals surface area contributed by atoms with E-state index < -0.39 is 0 Å². The van der Waals surface area contributed by atoms with E-state index in [9.17, 15) is 0 Å². The van der Waals surface area contributed by atoms with Crippen molar-refractivity contribution < 1.29 is 9.31 Å². The minimum absolute atomic E-state index is 0.371. The maximum Gasteiger partial charge on any atom is 0.494 e. The highest BCUT2D eigenvalue weighted by Crippen LogP contribution is 2.39. The van der Waals surface area contributed by atoms with E-state index in [1.165, 1.54) is 38.5 Å². The lowest BCUT2D eigenvalue weighted by Gasteiger charge is -2.32. The highest BCUT2D eigenvalue weighted by atomic mass is 16.7. The number of aromatic nitrogens is 1. The summed E-state index contributed by atoms with van der Waals surface area (Å²) in [5, 5.41) is 2.51. The second-order valence-corrected chi connectivity index (χ2v) is 11.7. The summed E-state index contributed by atoms with van der Waals surface area (Å²) in [5.41, 5.74) is 8.55. The third kappa shape index (κ3) is 3.99. The van der Waals surface area contributed by atoms with Crippen LogP contribution in [-0.4, -0.2) is 22.9 Å². The molecule has 4 heteroatoms. The molecule has 0 atom stereocenters. The highest BCUT2D eigenvalue weighted by molar-refractivity contribution is 6.62. The number of hydrogen-bond donors (Lipinski definition) is 0. The molecule has 0 spiro atoms. The lowest BCUT2D eigenvalue weighted by Crippen LogP contribution is -2.41. The van der Waals surface area contributed by atoms with E-state index in [1.54, 1.807) is 0 Å². The molecule has 1 aliphatic heterocycles. The first-order chi connectivity index (χ1) is 19.3. The number of nitrogens with zero attached hydrogens (tertiary/aromatic N) is 1. The molecule has 5 aromatic carbocycles. The fraction of sp³-hybridized carbons (Fsp3) is 0.167. The van der Waals surface area contributed by atoms with Crippen molar-refractivity contribution in [2.24, 2.45) is 0 Å². The highest BCUT2D eigenvalue weighted by Gasteiger charge is 2.51. The molecule has 0 unspecified atom stereocenters. The Kier molecular flexibility index (Phi) is 5.74. The molecule has 0 bridgehead atoms. The largest absolute Gasteiger partial charge is 0.494 e. The van der Waals surface area contributed by atoms with Crippen molar-refractivity contribution in [3.63, 3.8) is 0 Å². The summed E-state index contributed by atoms with van der Waals surface area (Å²) in [5.74, 6) is 0. The standard InChI is InChI=1S/C36H32BNO2/c1-35(2)36(3,4)40-37(39-35)28-21-18-26(19-22-28)31-24-27(25-12-6-5-7-13-25)20-23-34(31)38-32-16-10-8-14-29(32)30-15-9-11-17-33(30)38/h5-24H,1-4H3. The van der Waals surface area contributed by atoms with Crippen molar-refractivity contribution in [2.45, 2.75) is 38.9 Å². The summed E-state index contributed by atoms with van der Waals surface area (Å²) in [6, 6.07) is 43.4. The Balaban J connectivity index is 1.40. The van der Waals surface area contributed by atoms with Crippen LogP contribution in [0.5, 0.6) is 0 Å². The molecule has 2 heterocycles. The molecule has 7 rings (SSSR count). The molecular weight excluding hydrogens is 489 g/mol. The lowest BCUT2D eigenvalue weighted by atomic mass is 9.78. The van der Waals surface area contributed by atoms with Crippen molar-refractivity contribution in [2.75, 3.05) is 0 Å². The van der Waals surface area contributed by atoms with Crippen molar-refractivity contribution in [1.82, 2.24) is 4.57 Å². The quantitative estimate of drug-likeness (QED) is 0.218. The Morgan fingerprint density at radius 3 is 1.65 bits per heavy atom. The number of fused-ring (bicyclic) bond motifs is 3. The first-order valence-corrected chi connectivity index (χ1v) is 14.0. The minimum Gasteiger partial charge on any atom is -0.399 e. The summed E-state index contributed by atoms with van der Waals surface area (Å²) in [4.78, 5) is 0. The van der Waals surface area contributed by atoms with Gasteiger partial charge in [0.25, 0.3) is 0 Å². The van der Waals surface area contributed by atoms with Gasteiger partial charge < -0.3 is 13.9 Å². The molecule has 0 saturated carbocycles. The van der Waals surface area contributed by atoms with Crippen LogP contribution in [0.2, 0.25) is 0 Å². The Bertz CT molecular complexity index is 1780. The van der Waals surface area contributed by atoms with Gasteiger partial charge in [0, 0.05) is 16.3 Å². The maximum atomic E-state index is 6.33. The number of hydrogen-bond acceptors (Lipinski definition) is 2. The van der Waals surface area contributed by atoms with E-state index in [0.29, 0.717) is 0 Å². The second kappa shape index (κ2) is 9.23. The molecule has 0 aliphatic carbocycles. The molecule has 3 nitrogen and oxygen atoms in total. The smallest absolute Gasteiger partial charge is 0.399 e. The van der Waals surface area contributed by atoms with Gasteiger partial charge in [0.05, 0.1) is 27.9 Å². The van der Waals surface area contributed by atoms with E-state index >= 15 is 0 Å². The SMILES string of the molecule is CC1(C)OB(c2ccc(-c3cc(-c4ccccc4)ccc3-n3c4ccccc4c4ccccc43)cc2)OC1(C)C. The third-order valence-corrected chi connectivity index (χ3v) is 8.67. The fourth-order valence-corrected chi connectivity index (χ4v) is 5.75. The monoisotopic (exact) mass is 521 g/mol. The summed E-state index contributed by atoms with van der Waals surface area (Å²) < 4.78 is 15.1. The molecular formula is C36H32BNO2. The molecule has 0 radical (unpaired) electrons. The molecule has 1 fully saturated rings. The van der Waals surface area contributed by atoms with Crippen LogP contribution in [0.3, 0.4) is 0 Å². The Labute approximate surface area is 236 Å². The lowest BCUT2D eigenvalue weighted by molar-refractivity contribution is 0.00578. The zero-order chi connectivity index (χ0) is 27.5. The second-order valence-electron chi connectivity index (χ2n) is 11.7. The Morgan fingerprint density at radius 2 is 1.05 bits per heavy atom. The van der Waals surface area contributed by atoms with Crippen molar-refractivity contribution in [1.29, 1.82) is 0 Å². The predicted octanol–water partition coefficient (Wildman–Crippen LogP) is 8.42. The minimum atomic E-state index is -0.383. The van der Waals surface area contributed by atoms with E-state index in [4.69, 9.17) is 9.31 Å². The van der Waals surface area contributed by atoms with Crippen LogP contribution < -0.4 is 5.46 Å². The summed E-state index contributed by atoms with van der Waals surface area (Å²) in [7, 11) is -0.383. The van der Waals surface area contributed by atoms with Crippen LogP contribution >= 0.6 is 0 Å². The van der Waals surface area contributed by atoms with E-state index in [0.717, 1.165) is 16.7 Å². The first kappa shape index (κ1) is 24.9. The topological polar surface area (TPSA) is 23.4 Å². The molecule has 6 aromatic rings. The average Bonchev–Trinajstić information content (AvgIpc) is 3.42. The van der Waals surface area contributed by atoms with Gasteiger partial charge in [-0.05, 0) is 74.1 Å². The number of para-hydroxylation sites is 2. The molecule has 1 saturated heterocycles. The van der Waals surface area contributed by atoms with Gasteiger partial charge in [0.2, 0.25) is 0 Å². The van der Waals surface area contributed by atoms with Crippen LogP contribution in [-0.2, 0) is 9.31 Å². The predicted molar refractivity (Wildman–Crippen MR) is 167 cm³/mol. The Hall–Kier alpha value is -4.12. The maximum absolute atomic E-state index is 6.33. The van der Waals surface area contributed by atoms with E-state index in [1.807, 2.05) is 0 Å². The van der Waals surface area contributed by atoms with Gasteiger partial charge in [0.1, 0.15) is 0 Å².